The fourth-order valence-electron chi connectivity index (χ4n) is 1.59. The Morgan fingerprint density at radius 3 is 2.83 bits per heavy atom. The van der Waals surface area contributed by atoms with Gasteiger partial charge in [-0.15, -0.1) is 0 Å². The molecule has 0 saturated carbocycles. The molecule has 5 heteroatoms. The number of benzene rings is 1. The van der Waals surface area contributed by atoms with E-state index in [9.17, 15) is 14.0 Å². The predicted octanol–water partition coefficient (Wildman–Crippen LogP) is 1.60. The average Bonchev–Trinajstić information content (AvgIpc) is 2.35. The third kappa shape index (κ3) is 3.84. The number of nitrogens with one attached hydrogen (secondary N) is 1. The first-order chi connectivity index (χ1) is 8.58. The molecule has 0 aliphatic carbocycles. The monoisotopic (exact) mass is 252 g/mol. The van der Waals surface area contributed by atoms with Gasteiger partial charge in [0.15, 0.2) is 6.29 Å². The van der Waals surface area contributed by atoms with Crippen LogP contribution in [0.25, 0.3) is 0 Å². The van der Waals surface area contributed by atoms with E-state index < -0.39 is 5.82 Å². The second kappa shape index (κ2) is 6.74. The van der Waals surface area contributed by atoms with Crippen LogP contribution in [0, 0.1) is 5.82 Å². The van der Waals surface area contributed by atoms with Crippen LogP contribution in [0.1, 0.15) is 23.7 Å². The molecule has 0 aliphatic rings. The van der Waals surface area contributed by atoms with Gasteiger partial charge in [0.05, 0.1) is 6.54 Å². The summed E-state index contributed by atoms with van der Waals surface area (Å²) in [7, 11) is 1.69. The third-order valence-electron chi connectivity index (χ3n) is 2.48. The molecule has 0 heterocycles. The van der Waals surface area contributed by atoms with E-state index in [1.54, 1.807) is 11.9 Å². The molecule has 0 unspecified atom stereocenters. The van der Waals surface area contributed by atoms with Gasteiger partial charge in [0.1, 0.15) is 5.82 Å². The van der Waals surface area contributed by atoms with E-state index in [0.717, 1.165) is 12.5 Å². The molecule has 0 aromatic heterocycles. The van der Waals surface area contributed by atoms with Crippen molar-refractivity contribution in [3.8, 4) is 0 Å². The first-order valence-corrected chi connectivity index (χ1v) is 5.81. The Kier molecular flexibility index (Phi) is 5.30. The van der Waals surface area contributed by atoms with Crippen molar-refractivity contribution >= 4 is 17.9 Å². The maximum atomic E-state index is 13.0. The van der Waals surface area contributed by atoms with Crippen molar-refractivity contribution in [2.24, 2.45) is 0 Å². The zero-order valence-corrected chi connectivity index (χ0v) is 10.6. The summed E-state index contributed by atoms with van der Waals surface area (Å²) in [6.07, 6.45) is 1.45. The molecule has 0 bridgehead atoms. The summed E-state index contributed by atoms with van der Waals surface area (Å²) in [5, 5.41) is 2.74. The Labute approximate surface area is 106 Å². The Balaban J connectivity index is 2.74. The number of likely N-dealkylation sites (N-methyl/N-ethyl adjacent to an activating group) is 1. The minimum Gasteiger partial charge on any atom is -0.365 e. The normalized spacial score (nSPS) is 9.94. The van der Waals surface area contributed by atoms with Gasteiger partial charge in [-0.25, -0.2) is 4.39 Å². The maximum Gasteiger partial charge on any atom is 0.239 e. The fourth-order valence-corrected chi connectivity index (χ4v) is 1.59. The number of rotatable bonds is 6. The van der Waals surface area contributed by atoms with Crippen molar-refractivity contribution in [3.63, 3.8) is 0 Å². The third-order valence-corrected chi connectivity index (χ3v) is 2.48. The Morgan fingerprint density at radius 2 is 2.22 bits per heavy atom. The van der Waals surface area contributed by atoms with Gasteiger partial charge in [-0.05, 0) is 24.6 Å². The molecule has 1 N–H and O–H groups in total. The van der Waals surface area contributed by atoms with E-state index >= 15 is 0 Å². The lowest BCUT2D eigenvalue weighted by molar-refractivity contribution is -0.119. The molecule has 0 atom stereocenters. The van der Waals surface area contributed by atoms with E-state index in [2.05, 4.69) is 5.32 Å². The molecule has 1 aromatic carbocycles. The van der Waals surface area contributed by atoms with Gasteiger partial charge in [-0.2, -0.15) is 0 Å². The summed E-state index contributed by atoms with van der Waals surface area (Å²) in [5.74, 6) is -0.592. The molecule has 1 amide bonds. The molecular weight excluding hydrogens is 235 g/mol. The van der Waals surface area contributed by atoms with Crippen molar-refractivity contribution in [1.29, 1.82) is 0 Å². The zero-order valence-electron chi connectivity index (χ0n) is 10.6. The van der Waals surface area contributed by atoms with E-state index in [4.69, 9.17) is 0 Å². The highest BCUT2D eigenvalue weighted by Crippen LogP contribution is 2.18. The van der Waals surface area contributed by atoms with E-state index in [-0.39, 0.29) is 18.0 Å². The quantitative estimate of drug-likeness (QED) is 0.782. The van der Waals surface area contributed by atoms with Gasteiger partial charge >= 0.3 is 0 Å². The van der Waals surface area contributed by atoms with Crippen LogP contribution in [0.15, 0.2) is 18.2 Å². The van der Waals surface area contributed by atoms with Gasteiger partial charge < -0.3 is 10.2 Å². The number of anilines is 1. The minimum absolute atomic E-state index is 0.125. The Morgan fingerprint density at radius 1 is 1.50 bits per heavy atom. The van der Waals surface area contributed by atoms with Crippen molar-refractivity contribution < 1.29 is 14.0 Å². The van der Waals surface area contributed by atoms with Gasteiger partial charge in [0.25, 0.3) is 0 Å². The van der Waals surface area contributed by atoms with Crippen LogP contribution < -0.4 is 10.2 Å². The van der Waals surface area contributed by atoms with Gasteiger partial charge in [0.2, 0.25) is 5.91 Å². The summed E-state index contributed by atoms with van der Waals surface area (Å²) in [5.41, 5.74) is 0.777. The molecule has 0 aliphatic heterocycles. The molecule has 0 fully saturated rings. The van der Waals surface area contributed by atoms with Crippen molar-refractivity contribution in [2.45, 2.75) is 13.3 Å². The summed E-state index contributed by atoms with van der Waals surface area (Å²) >= 11 is 0. The second-order valence-electron chi connectivity index (χ2n) is 4.03. The van der Waals surface area contributed by atoms with Crippen molar-refractivity contribution in [1.82, 2.24) is 5.32 Å². The van der Waals surface area contributed by atoms with Crippen LogP contribution in [0.4, 0.5) is 10.1 Å². The Bertz CT molecular complexity index is 435. The topological polar surface area (TPSA) is 49.4 Å². The van der Waals surface area contributed by atoms with Crippen LogP contribution in [0.5, 0.6) is 0 Å². The largest absolute Gasteiger partial charge is 0.365 e. The molecular formula is C13H17FN2O2. The minimum atomic E-state index is -0.468. The Hall–Kier alpha value is -1.91. The number of hydrogen-bond donors (Lipinski definition) is 1. The summed E-state index contributed by atoms with van der Waals surface area (Å²) in [4.78, 5) is 24.0. The molecule has 0 radical (unpaired) electrons. The number of amides is 1. The smallest absolute Gasteiger partial charge is 0.239 e. The molecule has 98 valence electrons. The van der Waals surface area contributed by atoms with Gasteiger partial charge in [0, 0.05) is 24.8 Å². The van der Waals surface area contributed by atoms with Crippen molar-refractivity contribution in [2.75, 3.05) is 25.0 Å². The number of hydrogen-bond acceptors (Lipinski definition) is 3. The van der Waals surface area contributed by atoms with Gasteiger partial charge in [-0.1, -0.05) is 6.92 Å². The lowest BCUT2D eigenvalue weighted by Crippen LogP contribution is -2.35. The van der Waals surface area contributed by atoms with E-state index in [0.29, 0.717) is 18.5 Å². The fraction of sp³-hybridized carbons (Fsp3) is 0.385. The highest BCUT2D eigenvalue weighted by Gasteiger charge is 2.11. The number of aldehydes is 1. The lowest BCUT2D eigenvalue weighted by atomic mass is 10.1. The molecule has 1 rings (SSSR count). The second-order valence-corrected chi connectivity index (χ2v) is 4.03. The van der Waals surface area contributed by atoms with E-state index in [1.165, 1.54) is 12.1 Å². The van der Waals surface area contributed by atoms with Crippen LogP contribution in [-0.4, -0.2) is 32.3 Å². The van der Waals surface area contributed by atoms with Crippen molar-refractivity contribution in [3.05, 3.63) is 29.6 Å². The summed E-state index contributed by atoms with van der Waals surface area (Å²) in [6.45, 7) is 2.72. The average molecular weight is 252 g/mol. The molecule has 18 heavy (non-hydrogen) atoms. The van der Waals surface area contributed by atoms with Crippen LogP contribution in [0.3, 0.4) is 0 Å². The summed E-state index contributed by atoms with van der Waals surface area (Å²) < 4.78 is 13.0. The number of halogens is 1. The van der Waals surface area contributed by atoms with Gasteiger partial charge in [-0.3, -0.25) is 9.59 Å². The number of nitrogens with zero attached hydrogens (tertiary/aromatic N) is 1. The lowest BCUT2D eigenvalue weighted by Gasteiger charge is -2.20. The highest BCUT2D eigenvalue weighted by atomic mass is 19.1. The SMILES string of the molecule is CCCNC(=O)CN(C)c1ccc(F)cc1C=O. The standard InChI is InChI=1S/C13H17FN2O2/c1-3-6-15-13(18)8-16(2)12-5-4-11(14)7-10(12)9-17/h4-5,7,9H,3,6,8H2,1-2H3,(H,15,18). The molecule has 1 aromatic rings. The van der Waals surface area contributed by atoms with Crippen LogP contribution in [0.2, 0.25) is 0 Å². The zero-order chi connectivity index (χ0) is 13.5. The predicted molar refractivity (Wildman–Crippen MR) is 68.4 cm³/mol. The molecule has 0 saturated heterocycles. The maximum absolute atomic E-state index is 13.0. The van der Waals surface area contributed by atoms with Crippen LogP contribution >= 0.6 is 0 Å². The number of carbonyl (C=O) groups excluding carboxylic acids is 2. The first kappa shape index (κ1) is 14.2. The molecule has 0 spiro atoms. The van der Waals surface area contributed by atoms with Crippen LogP contribution in [-0.2, 0) is 4.79 Å². The summed E-state index contributed by atoms with van der Waals surface area (Å²) in [6, 6.07) is 3.91. The number of carbonyl (C=O) groups is 2. The van der Waals surface area contributed by atoms with E-state index in [1.807, 2.05) is 6.92 Å². The highest BCUT2D eigenvalue weighted by molar-refractivity contribution is 5.87. The molecule has 4 nitrogen and oxygen atoms in total. The first-order valence-electron chi connectivity index (χ1n) is 5.81.